The zero-order valence-electron chi connectivity index (χ0n) is 20.1. The van der Waals surface area contributed by atoms with Crippen molar-refractivity contribution < 1.29 is 19.2 Å². The number of hydrogen-bond acceptors (Lipinski definition) is 7. The first kappa shape index (κ1) is 25.6. The van der Waals surface area contributed by atoms with Gasteiger partial charge in [0.15, 0.2) is 5.84 Å². The Kier molecular flexibility index (Phi) is 8.10. The second-order valence-electron chi connectivity index (χ2n) is 8.79. The number of rotatable bonds is 6. The maximum atomic E-state index is 13.5. The third-order valence-electron chi connectivity index (χ3n) is 6.23. The first-order valence-corrected chi connectivity index (χ1v) is 13.1. The van der Waals surface area contributed by atoms with E-state index in [-0.39, 0.29) is 11.8 Å². The number of carbonyl (C=O) groups is 2. The predicted molar refractivity (Wildman–Crippen MR) is 141 cm³/mol. The predicted octanol–water partition coefficient (Wildman–Crippen LogP) is 3.45. The van der Waals surface area contributed by atoms with E-state index in [0.29, 0.717) is 49.7 Å². The van der Waals surface area contributed by atoms with Gasteiger partial charge in [0.25, 0.3) is 11.8 Å². The summed E-state index contributed by atoms with van der Waals surface area (Å²) in [6, 6.07) is 9.37. The summed E-state index contributed by atoms with van der Waals surface area (Å²) in [6.07, 6.45) is 1.19. The number of benzene rings is 1. The van der Waals surface area contributed by atoms with Gasteiger partial charge >= 0.3 is 0 Å². The van der Waals surface area contributed by atoms with Crippen molar-refractivity contribution in [1.82, 2.24) is 10.2 Å². The third kappa shape index (κ3) is 5.85. The molecule has 11 heteroatoms. The summed E-state index contributed by atoms with van der Waals surface area (Å²) in [5, 5.41) is 10.2. The van der Waals surface area contributed by atoms with Gasteiger partial charge in [0, 0.05) is 37.4 Å². The van der Waals surface area contributed by atoms with Gasteiger partial charge in [-0.15, -0.1) is 11.3 Å². The van der Waals surface area contributed by atoms with Crippen LogP contribution in [0.2, 0.25) is 0 Å². The topological polar surface area (TPSA) is 95.5 Å². The molecule has 2 N–H and O–H groups in total. The molecule has 2 fully saturated rings. The number of ether oxygens (including phenoxy) is 1. The first-order chi connectivity index (χ1) is 16.8. The Morgan fingerprint density at radius 1 is 1.23 bits per heavy atom. The number of thiophene rings is 1. The van der Waals surface area contributed by atoms with E-state index in [1.165, 1.54) is 18.4 Å². The fraction of sp³-hybridized carbons (Fsp3) is 0.458. The lowest BCUT2D eigenvalue weighted by atomic mass is 9.96. The standard InChI is InChI=1S/C24H30BrN5O4S/c1-16-14-17(4-5-18(16)30-11-13-34-12-8-21(30)28-33-3)26-23(32)24(9-10-29(2)15-24)27-22(31)19-6-7-20(25)35-19/h4-7,14H,8-13,15H2,1-3H3,(H,26,32)(H,27,31). The fourth-order valence-electron chi connectivity index (χ4n) is 4.49. The Labute approximate surface area is 217 Å². The van der Waals surface area contributed by atoms with Crippen molar-refractivity contribution >= 4 is 56.3 Å². The molecular weight excluding hydrogens is 534 g/mol. The van der Waals surface area contributed by atoms with E-state index < -0.39 is 5.54 Å². The summed E-state index contributed by atoms with van der Waals surface area (Å²) in [6.45, 7) is 5.01. The number of halogens is 1. The molecule has 2 saturated heterocycles. The van der Waals surface area contributed by atoms with Crippen molar-refractivity contribution in [3.05, 3.63) is 44.6 Å². The number of likely N-dealkylation sites (N-methyl/N-ethyl adjacent to an activating group) is 1. The maximum Gasteiger partial charge on any atom is 0.262 e. The van der Waals surface area contributed by atoms with Gasteiger partial charge in [0.05, 0.1) is 21.9 Å². The molecule has 1 atom stereocenters. The third-order valence-corrected chi connectivity index (χ3v) is 7.85. The number of oxime groups is 1. The van der Waals surface area contributed by atoms with Crippen LogP contribution in [0.1, 0.15) is 28.1 Å². The Bertz CT molecular complexity index is 1120. The van der Waals surface area contributed by atoms with Gasteiger partial charge in [0.1, 0.15) is 12.6 Å². The van der Waals surface area contributed by atoms with E-state index in [9.17, 15) is 9.59 Å². The van der Waals surface area contributed by atoms with Crippen LogP contribution in [0.3, 0.4) is 0 Å². The van der Waals surface area contributed by atoms with Crippen LogP contribution in [0.25, 0.3) is 0 Å². The monoisotopic (exact) mass is 563 g/mol. The molecule has 0 radical (unpaired) electrons. The summed E-state index contributed by atoms with van der Waals surface area (Å²) in [5.74, 6) is 0.342. The van der Waals surface area contributed by atoms with Crippen LogP contribution in [-0.4, -0.2) is 75.1 Å². The highest BCUT2D eigenvalue weighted by Crippen LogP contribution is 2.29. The summed E-state index contributed by atoms with van der Waals surface area (Å²) in [5.41, 5.74) is 1.64. The minimum atomic E-state index is -1.00. The van der Waals surface area contributed by atoms with Crippen molar-refractivity contribution in [2.24, 2.45) is 5.16 Å². The van der Waals surface area contributed by atoms with Gasteiger partial charge < -0.3 is 30.0 Å². The van der Waals surface area contributed by atoms with Gasteiger partial charge in [-0.2, -0.15) is 0 Å². The van der Waals surface area contributed by atoms with Crippen LogP contribution in [0.4, 0.5) is 11.4 Å². The molecule has 0 bridgehead atoms. The number of anilines is 2. The van der Waals surface area contributed by atoms with Crippen LogP contribution >= 0.6 is 27.3 Å². The molecule has 2 amide bonds. The number of amides is 2. The maximum absolute atomic E-state index is 13.5. The van der Waals surface area contributed by atoms with Gasteiger partial charge in [0.2, 0.25) is 0 Å². The van der Waals surface area contributed by atoms with E-state index >= 15 is 0 Å². The molecule has 35 heavy (non-hydrogen) atoms. The van der Waals surface area contributed by atoms with Crippen molar-refractivity contribution in [3.8, 4) is 0 Å². The van der Waals surface area contributed by atoms with Gasteiger partial charge in [-0.1, -0.05) is 5.16 Å². The van der Waals surface area contributed by atoms with Crippen LogP contribution in [0.15, 0.2) is 39.3 Å². The molecule has 0 saturated carbocycles. The number of nitrogens with zero attached hydrogens (tertiary/aromatic N) is 3. The summed E-state index contributed by atoms with van der Waals surface area (Å²) in [4.78, 5) is 36.2. The number of amidine groups is 1. The SMILES string of the molecule is CON=C1CCOCCN1c1ccc(NC(=O)C2(NC(=O)c3ccc(Br)s3)CCN(C)C2)cc1C. The Morgan fingerprint density at radius 3 is 2.71 bits per heavy atom. The zero-order valence-corrected chi connectivity index (χ0v) is 22.5. The molecule has 0 spiro atoms. The first-order valence-electron chi connectivity index (χ1n) is 11.4. The van der Waals surface area contributed by atoms with Crippen molar-refractivity contribution in [1.29, 1.82) is 0 Å². The molecule has 1 aromatic carbocycles. The largest absolute Gasteiger partial charge is 0.398 e. The second-order valence-corrected chi connectivity index (χ2v) is 11.3. The Hall–Kier alpha value is -2.47. The van der Waals surface area contributed by atoms with E-state index in [1.807, 2.05) is 38.2 Å². The Balaban J connectivity index is 1.53. The summed E-state index contributed by atoms with van der Waals surface area (Å²) in [7, 11) is 3.49. The molecule has 1 unspecified atom stereocenters. The van der Waals surface area contributed by atoms with Crippen LogP contribution in [0.5, 0.6) is 0 Å². The normalized spacial score (nSPS) is 22.2. The molecule has 9 nitrogen and oxygen atoms in total. The highest BCUT2D eigenvalue weighted by Gasteiger charge is 2.45. The molecule has 2 aromatic rings. The molecule has 3 heterocycles. The van der Waals surface area contributed by atoms with Crippen molar-refractivity contribution in [3.63, 3.8) is 0 Å². The average Bonchev–Trinajstić information content (AvgIpc) is 3.35. The Morgan fingerprint density at radius 2 is 2.06 bits per heavy atom. The molecule has 1 aromatic heterocycles. The smallest absolute Gasteiger partial charge is 0.262 e. The lowest BCUT2D eigenvalue weighted by Gasteiger charge is -2.29. The number of nitrogens with one attached hydrogen (secondary N) is 2. The molecule has 2 aliphatic rings. The number of aryl methyl sites for hydroxylation is 1. The van der Waals surface area contributed by atoms with Gasteiger partial charge in [-0.25, -0.2) is 0 Å². The average molecular weight is 565 g/mol. The van der Waals surface area contributed by atoms with Gasteiger partial charge in [-0.05, 0) is 72.2 Å². The minimum Gasteiger partial charge on any atom is -0.398 e. The number of carbonyl (C=O) groups excluding carboxylic acids is 2. The zero-order chi connectivity index (χ0) is 25.0. The van der Waals surface area contributed by atoms with Crippen molar-refractivity contribution in [2.75, 3.05) is 57.2 Å². The van der Waals surface area contributed by atoms with E-state index in [2.05, 4.69) is 41.5 Å². The van der Waals surface area contributed by atoms with E-state index in [1.54, 1.807) is 6.07 Å². The van der Waals surface area contributed by atoms with Crippen molar-refractivity contribution in [2.45, 2.75) is 25.3 Å². The van der Waals surface area contributed by atoms with Crippen LogP contribution in [0, 0.1) is 6.92 Å². The van der Waals surface area contributed by atoms with Crippen LogP contribution < -0.4 is 15.5 Å². The number of likely N-dealkylation sites (tertiary alicyclic amines) is 1. The van der Waals surface area contributed by atoms with E-state index in [0.717, 1.165) is 27.4 Å². The lowest BCUT2D eigenvalue weighted by Crippen LogP contribution is -2.58. The molecule has 0 aliphatic carbocycles. The molecule has 188 valence electrons. The summed E-state index contributed by atoms with van der Waals surface area (Å²) < 4.78 is 6.48. The second kappa shape index (κ2) is 11.1. The quantitative estimate of drug-likeness (QED) is 0.522. The highest BCUT2D eigenvalue weighted by atomic mass is 79.9. The molecule has 4 rings (SSSR count). The van der Waals surface area contributed by atoms with E-state index in [4.69, 9.17) is 9.57 Å². The van der Waals surface area contributed by atoms with Gasteiger partial charge in [-0.3, -0.25) is 9.59 Å². The lowest BCUT2D eigenvalue weighted by molar-refractivity contribution is -0.121. The minimum absolute atomic E-state index is 0.220. The molecular formula is C24H30BrN5O4S. The number of hydrogen-bond donors (Lipinski definition) is 2. The fourth-order valence-corrected chi connectivity index (χ4v) is 5.77. The summed E-state index contributed by atoms with van der Waals surface area (Å²) >= 11 is 4.74. The highest BCUT2D eigenvalue weighted by molar-refractivity contribution is 9.11. The van der Waals surface area contributed by atoms with Crippen LogP contribution in [-0.2, 0) is 14.4 Å². The molecule has 2 aliphatic heterocycles.